The molecule has 1 heterocycles. The van der Waals surface area contributed by atoms with Gasteiger partial charge in [0.1, 0.15) is 0 Å². The minimum atomic E-state index is -0.0358. The van der Waals surface area contributed by atoms with E-state index in [-0.39, 0.29) is 5.41 Å². The Morgan fingerprint density at radius 2 is 0.864 bits per heavy atom. The number of fused-ring (bicyclic) bond motifs is 4. The van der Waals surface area contributed by atoms with Crippen LogP contribution in [0.4, 0.5) is 0 Å². The van der Waals surface area contributed by atoms with E-state index in [1.54, 1.807) is 0 Å². The lowest BCUT2D eigenvalue weighted by molar-refractivity contribution is -0.0418. The van der Waals surface area contributed by atoms with E-state index < -0.39 is 0 Å². The van der Waals surface area contributed by atoms with Crippen LogP contribution in [-0.4, -0.2) is 9.97 Å². The predicted octanol–water partition coefficient (Wildman–Crippen LogP) is 15.9. The van der Waals surface area contributed by atoms with E-state index in [1.807, 2.05) is 12.1 Å². The minimum Gasteiger partial charge on any atom is -0.228 e. The van der Waals surface area contributed by atoms with Crippen LogP contribution in [0.25, 0.3) is 88.5 Å². The molecule has 4 saturated carbocycles. The highest BCUT2D eigenvalue weighted by atomic mass is 14.9. The lowest BCUT2D eigenvalue weighted by atomic mass is 9.42. The van der Waals surface area contributed by atoms with Crippen molar-refractivity contribution in [3.8, 4) is 62.2 Å². The van der Waals surface area contributed by atoms with Crippen molar-refractivity contribution in [2.45, 2.75) is 37.5 Å². The Morgan fingerprint density at radius 1 is 0.394 bits per heavy atom. The number of aromatic nitrogens is 2. The molecule has 9 aromatic carbocycles. The van der Waals surface area contributed by atoms with E-state index in [2.05, 4.69) is 194 Å². The molecule has 3 heteroatoms. The minimum absolute atomic E-state index is 0.0358. The number of nitriles is 1. The molecule has 1 aromatic heterocycles. The van der Waals surface area contributed by atoms with E-state index in [9.17, 15) is 5.26 Å². The van der Waals surface area contributed by atoms with Gasteiger partial charge < -0.3 is 0 Å². The summed E-state index contributed by atoms with van der Waals surface area (Å²) < 4.78 is 0. The van der Waals surface area contributed by atoms with Crippen molar-refractivity contribution in [1.82, 2.24) is 9.97 Å². The van der Waals surface area contributed by atoms with Crippen molar-refractivity contribution in [3.63, 3.8) is 0 Å². The first-order valence-corrected chi connectivity index (χ1v) is 23.7. The SMILES string of the molecule is N#Cc1ccc(-c2ccc(-c3ccc(C4(c5ccc(-c6cc(-c7ccccc7)nc(-c7ccc8ccc9ccccc9c8c7)n6)cc5)C5CC6CC(C5)CC4C6)cc3)c3ccccc23)cc1. The van der Waals surface area contributed by atoms with Gasteiger partial charge in [0.15, 0.2) is 5.82 Å². The van der Waals surface area contributed by atoms with Crippen molar-refractivity contribution in [2.24, 2.45) is 23.7 Å². The molecule has 14 rings (SSSR count). The van der Waals surface area contributed by atoms with Gasteiger partial charge in [-0.25, -0.2) is 9.97 Å². The van der Waals surface area contributed by atoms with Crippen LogP contribution in [0.3, 0.4) is 0 Å². The highest BCUT2D eigenvalue weighted by molar-refractivity contribution is 6.09. The second-order valence-electron chi connectivity index (χ2n) is 19.3. The summed E-state index contributed by atoms with van der Waals surface area (Å²) in [5.41, 5.74) is 13.4. The molecule has 66 heavy (non-hydrogen) atoms. The Labute approximate surface area is 386 Å². The standard InChI is InChI=1S/C63H47N3/c64-39-40-14-16-44(17-15-40)55-30-31-56(58-13-7-6-12-57(55)58)45-22-26-50(27-23-45)63(52-33-41-32-42(35-52)36-53(63)34-41)51-28-24-48(25-29-51)61-38-60(47-9-2-1-3-10-47)65-62(66-61)49-21-20-46-19-18-43-8-4-5-11-54(43)59(46)37-49/h1-31,37-38,41-42,52-53H,32-36H2. The molecule has 0 N–H and O–H groups in total. The second-order valence-corrected chi connectivity index (χ2v) is 19.3. The van der Waals surface area contributed by atoms with Gasteiger partial charge in [-0.2, -0.15) is 5.26 Å². The fraction of sp³-hybridized carbons (Fsp3) is 0.159. The number of hydrogen-bond acceptors (Lipinski definition) is 3. The molecular weight excluding hydrogens is 799 g/mol. The predicted molar refractivity (Wildman–Crippen MR) is 271 cm³/mol. The summed E-state index contributed by atoms with van der Waals surface area (Å²) >= 11 is 0. The third kappa shape index (κ3) is 6.31. The van der Waals surface area contributed by atoms with Gasteiger partial charge in [-0.3, -0.25) is 0 Å². The van der Waals surface area contributed by atoms with Crippen molar-refractivity contribution >= 4 is 32.3 Å². The van der Waals surface area contributed by atoms with E-state index in [1.165, 1.54) is 92.2 Å². The molecule has 314 valence electrons. The van der Waals surface area contributed by atoms with E-state index in [0.717, 1.165) is 51.3 Å². The molecule has 4 fully saturated rings. The van der Waals surface area contributed by atoms with Gasteiger partial charge in [-0.15, -0.1) is 0 Å². The van der Waals surface area contributed by atoms with E-state index in [0.29, 0.717) is 17.4 Å². The summed E-state index contributed by atoms with van der Waals surface area (Å²) in [5.74, 6) is 3.68. The van der Waals surface area contributed by atoms with Gasteiger partial charge >= 0.3 is 0 Å². The number of hydrogen-bond donors (Lipinski definition) is 0. The van der Waals surface area contributed by atoms with Crippen LogP contribution in [0.2, 0.25) is 0 Å². The zero-order chi connectivity index (χ0) is 43.8. The molecule has 0 saturated heterocycles. The fourth-order valence-corrected chi connectivity index (χ4v) is 13.0. The molecule has 0 spiro atoms. The number of benzene rings is 9. The molecule has 0 amide bonds. The molecule has 3 nitrogen and oxygen atoms in total. The van der Waals surface area contributed by atoms with Gasteiger partial charge in [0, 0.05) is 22.1 Å². The average molecular weight is 846 g/mol. The van der Waals surface area contributed by atoms with Crippen molar-refractivity contribution in [2.75, 3.05) is 0 Å². The quantitative estimate of drug-likeness (QED) is 0.150. The van der Waals surface area contributed by atoms with E-state index >= 15 is 0 Å². The Morgan fingerprint density at radius 3 is 1.45 bits per heavy atom. The third-order valence-electron chi connectivity index (χ3n) is 15.8. The monoisotopic (exact) mass is 845 g/mol. The molecule has 0 atom stereocenters. The summed E-state index contributed by atoms with van der Waals surface area (Å²) in [6.45, 7) is 0. The van der Waals surface area contributed by atoms with Crippen LogP contribution in [0.15, 0.2) is 200 Å². The first-order chi connectivity index (χ1) is 32.6. The molecule has 10 aromatic rings. The van der Waals surface area contributed by atoms with Gasteiger partial charge in [0.05, 0.1) is 23.0 Å². The fourth-order valence-electron chi connectivity index (χ4n) is 13.0. The summed E-state index contributed by atoms with van der Waals surface area (Å²) in [6, 6.07) is 75.2. The topological polar surface area (TPSA) is 49.6 Å². The lowest BCUT2D eigenvalue weighted by Crippen LogP contribution is -2.56. The lowest BCUT2D eigenvalue weighted by Gasteiger charge is -2.62. The Kier molecular flexibility index (Phi) is 9.10. The van der Waals surface area contributed by atoms with Gasteiger partial charge in [-0.1, -0.05) is 176 Å². The maximum Gasteiger partial charge on any atom is 0.160 e. The van der Waals surface area contributed by atoms with Crippen LogP contribution >= 0.6 is 0 Å². The van der Waals surface area contributed by atoms with Crippen molar-refractivity contribution in [3.05, 3.63) is 217 Å². The molecular formula is C63H47N3. The summed E-state index contributed by atoms with van der Waals surface area (Å²) in [4.78, 5) is 10.6. The second kappa shape index (κ2) is 15.5. The molecule has 0 aliphatic heterocycles. The van der Waals surface area contributed by atoms with Crippen molar-refractivity contribution in [1.29, 1.82) is 5.26 Å². The van der Waals surface area contributed by atoms with Gasteiger partial charge in [0.25, 0.3) is 0 Å². The Hall–Kier alpha value is -7.67. The third-order valence-corrected chi connectivity index (χ3v) is 15.8. The van der Waals surface area contributed by atoms with E-state index in [4.69, 9.17) is 9.97 Å². The summed E-state index contributed by atoms with van der Waals surface area (Å²) in [5, 5.41) is 16.8. The molecule has 4 aliphatic rings. The van der Waals surface area contributed by atoms with Crippen molar-refractivity contribution < 1.29 is 0 Å². The molecule has 0 radical (unpaired) electrons. The van der Waals surface area contributed by atoms with Gasteiger partial charge in [-0.05, 0) is 146 Å². The first kappa shape index (κ1) is 38.8. The molecule has 4 bridgehead atoms. The Bertz CT molecular complexity index is 3500. The zero-order valence-corrected chi connectivity index (χ0v) is 36.7. The maximum atomic E-state index is 9.40. The average Bonchev–Trinajstić information content (AvgIpc) is 3.38. The van der Waals surface area contributed by atoms with Gasteiger partial charge in [0.2, 0.25) is 0 Å². The maximum absolute atomic E-state index is 9.40. The Balaban J connectivity index is 0.896. The zero-order valence-electron chi connectivity index (χ0n) is 36.7. The number of nitrogens with zero attached hydrogens (tertiary/aromatic N) is 3. The van der Waals surface area contributed by atoms with Crippen LogP contribution in [0.1, 0.15) is 48.8 Å². The summed E-state index contributed by atoms with van der Waals surface area (Å²) in [6.07, 6.45) is 6.67. The van der Waals surface area contributed by atoms with Crippen LogP contribution in [0.5, 0.6) is 0 Å². The summed E-state index contributed by atoms with van der Waals surface area (Å²) in [7, 11) is 0. The molecule has 0 unspecified atom stereocenters. The smallest absolute Gasteiger partial charge is 0.160 e. The number of rotatable bonds is 7. The van der Waals surface area contributed by atoms with Crippen LogP contribution < -0.4 is 0 Å². The highest BCUT2D eigenvalue weighted by Crippen LogP contribution is 2.65. The molecule has 4 aliphatic carbocycles. The van der Waals surface area contributed by atoms with Crippen LogP contribution in [-0.2, 0) is 5.41 Å². The highest BCUT2D eigenvalue weighted by Gasteiger charge is 2.58. The first-order valence-electron chi connectivity index (χ1n) is 23.7. The normalized spacial score (nSPS) is 20.8. The largest absolute Gasteiger partial charge is 0.228 e. The van der Waals surface area contributed by atoms with Crippen LogP contribution in [0, 0.1) is 35.0 Å².